The van der Waals surface area contributed by atoms with Crippen molar-refractivity contribution in [2.75, 3.05) is 27.2 Å². The van der Waals surface area contributed by atoms with Crippen molar-refractivity contribution in [3.8, 4) is 0 Å². The molecule has 64 valence electrons. The molecule has 0 radical (unpaired) electrons. The number of rotatable bonds is 1. The molecule has 1 rings (SSSR count). The monoisotopic (exact) mass is 158 g/mol. The highest BCUT2D eigenvalue weighted by Gasteiger charge is 2.16. The first-order valence-electron chi connectivity index (χ1n) is 3.93. The van der Waals surface area contributed by atoms with Crippen LogP contribution in [0.15, 0.2) is 0 Å². The Balaban J connectivity index is 2.35. The van der Waals surface area contributed by atoms with Crippen LogP contribution in [0.25, 0.3) is 0 Å². The van der Waals surface area contributed by atoms with E-state index in [0.29, 0.717) is 6.02 Å². The molecule has 0 aromatic carbocycles. The smallest absolute Gasteiger partial charge is 0.333 e. The first-order valence-corrected chi connectivity index (χ1v) is 3.93. The minimum atomic E-state index is 0.465. The van der Waals surface area contributed by atoms with E-state index in [-0.39, 0.29) is 0 Å². The predicted octanol–water partition coefficient (Wildman–Crippen LogP) is -0.399. The van der Waals surface area contributed by atoms with E-state index in [4.69, 9.17) is 10.6 Å². The van der Waals surface area contributed by atoms with Crippen molar-refractivity contribution in [1.29, 1.82) is 0 Å². The number of nitrogens with two attached hydrogens (primary N) is 1. The van der Waals surface area contributed by atoms with E-state index in [2.05, 4.69) is 0 Å². The third-order valence-corrected chi connectivity index (χ3v) is 1.73. The normalized spacial score (nSPS) is 18.4. The maximum absolute atomic E-state index is 5.58. The van der Waals surface area contributed by atoms with Crippen molar-refractivity contribution in [3.05, 3.63) is 0 Å². The lowest BCUT2D eigenvalue weighted by Gasteiger charge is -2.12. The molecule has 1 aliphatic heterocycles. The topological polar surface area (TPSA) is 41.5 Å². The van der Waals surface area contributed by atoms with Gasteiger partial charge in [0.2, 0.25) is 0 Å². The van der Waals surface area contributed by atoms with Crippen molar-refractivity contribution < 1.29 is 9.41 Å². The molecule has 0 amide bonds. The van der Waals surface area contributed by atoms with Crippen LogP contribution in [0.1, 0.15) is 12.8 Å². The maximum atomic E-state index is 5.58. The molecule has 0 spiro atoms. The predicted molar refractivity (Wildman–Crippen MR) is 43.2 cm³/mol. The van der Waals surface area contributed by atoms with Crippen LogP contribution in [-0.2, 0) is 4.84 Å². The van der Waals surface area contributed by atoms with Gasteiger partial charge in [-0.3, -0.25) is 5.73 Å². The molecule has 0 aromatic heterocycles. The summed E-state index contributed by atoms with van der Waals surface area (Å²) in [5, 5.41) is 1.90. The van der Waals surface area contributed by atoms with Gasteiger partial charge in [-0.25, -0.2) is 4.58 Å². The summed E-state index contributed by atoms with van der Waals surface area (Å²) >= 11 is 0. The van der Waals surface area contributed by atoms with Crippen LogP contribution in [-0.4, -0.2) is 42.8 Å². The third-order valence-electron chi connectivity index (χ3n) is 1.73. The van der Waals surface area contributed by atoms with E-state index in [1.807, 2.05) is 19.2 Å². The molecule has 1 saturated heterocycles. The minimum absolute atomic E-state index is 0.465. The Morgan fingerprint density at radius 1 is 1.36 bits per heavy atom. The lowest BCUT2D eigenvalue weighted by molar-refractivity contribution is -0.480. The lowest BCUT2D eigenvalue weighted by Crippen LogP contribution is -2.34. The molecule has 11 heavy (non-hydrogen) atoms. The van der Waals surface area contributed by atoms with Gasteiger partial charge in [0.15, 0.2) is 0 Å². The fourth-order valence-corrected chi connectivity index (χ4v) is 0.993. The van der Waals surface area contributed by atoms with Crippen LogP contribution >= 0.6 is 0 Å². The van der Waals surface area contributed by atoms with Gasteiger partial charge < -0.3 is 4.84 Å². The second-order valence-corrected chi connectivity index (χ2v) is 2.96. The number of nitrogens with zero attached hydrogens (tertiary/aromatic N) is 2. The van der Waals surface area contributed by atoms with Crippen molar-refractivity contribution >= 4 is 6.02 Å². The minimum Gasteiger partial charge on any atom is -0.333 e. The van der Waals surface area contributed by atoms with Gasteiger partial charge in [-0.15, -0.1) is 5.06 Å². The van der Waals surface area contributed by atoms with Crippen LogP contribution in [0.3, 0.4) is 0 Å². The summed E-state index contributed by atoms with van der Waals surface area (Å²) in [5.41, 5.74) is 5.58. The summed E-state index contributed by atoms with van der Waals surface area (Å²) in [6.07, 6.45) is 2.42. The Bertz CT molecular complexity index is 157. The van der Waals surface area contributed by atoms with Crippen LogP contribution in [0.4, 0.5) is 0 Å². The van der Waals surface area contributed by atoms with Crippen LogP contribution in [0, 0.1) is 0 Å². The fourth-order valence-electron chi connectivity index (χ4n) is 0.993. The zero-order chi connectivity index (χ0) is 8.27. The molecular weight excluding hydrogens is 142 g/mol. The Morgan fingerprint density at radius 2 is 1.91 bits per heavy atom. The molecule has 1 fully saturated rings. The van der Waals surface area contributed by atoms with E-state index in [1.54, 1.807) is 4.58 Å². The summed E-state index contributed by atoms with van der Waals surface area (Å²) in [6.45, 7) is 1.99. The fraction of sp³-hybridized carbons (Fsp3) is 0.857. The first kappa shape index (κ1) is 8.33. The maximum Gasteiger partial charge on any atom is 0.460 e. The molecule has 0 aliphatic carbocycles. The quantitative estimate of drug-likeness (QED) is 0.321. The molecule has 4 nitrogen and oxygen atoms in total. The van der Waals surface area contributed by atoms with Gasteiger partial charge >= 0.3 is 6.02 Å². The van der Waals surface area contributed by atoms with E-state index in [9.17, 15) is 0 Å². The van der Waals surface area contributed by atoms with E-state index < -0.39 is 0 Å². The van der Waals surface area contributed by atoms with Crippen LogP contribution < -0.4 is 5.73 Å². The van der Waals surface area contributed by atoms with Gasteiger partial charge in [0.25, 0.3) is 0 Å². The lowest BCUT2D eigenvalue weighted by atomic mass is 10.4. The molecule has 1 heterocycles. The second kappa shape index (κ2) is 3.57. The highest BCUT2D eigenvalue weighted by atomic mass is 16.7. The standard InChI is InChI=1S/C7H15N3O/c1-9(2)7(8)11-10-5-3-4-6-10/h8H,3-6H2,1-2H3/p+1. The summed E-state index contributed by atoms with van der Waals surface area (Å²) in [7, 11) is 3.73. The van der Waals surface area contributed by atoms with Gasteiger partial charge in [0.1, 0.15) is 0 Å². The number of hydrogen-bond acceptors (Lipinski definition) is 2. The zero-order valence-electron chi connectivity index (χ0n) is 7.21. The number of hydrogen-bond donors (Lipinski definition) is 1. The molecule has 2 N–H and O–H groups in total. The van der Waals surface area contributed by atoms with Gasteiger partial charge in [-0.2, -0.15) is 0 Å². The second-order valence-electron chi connectivity index (χ2n) is 2.96. The van der Waals surface area contributed by atoms with Crippen molar-refractivity contribution in [2.45, 2.75) is 12.8 Å². The van der Waals surface area contributed by atoms with Gasteiger partial charge in [0.05, 0.1) is 14.1 Å². The third kappa shape index (κ3) is 2.38. The summed E-state index contributed by atoms with van der Waals surface area (Å²) < 4.78 is 1.76. The Morgan fingerprint density at radius 3 is 2.36 bits per heavy atom. The summed E-state index contributed by atoms with van der Waals surface area (Å²) in [5.74, 6) is 0. The van der Waals surface area contributed by atoms with Crippen molar-refractivity contribution in [3.63, 3.8) is 0 Å². The highest BCUT2D eigenvalue weighted by Crippen LogP contribution is 2.06. The van der Waals surface area contributed by atoms with E-state index in [1.165, 1.54) is 12.8 Å². The molecule has 0 saturated carbocycles. The van der Waals surface area contributed by atoms with Crippen LogP contribution in [0.2, 0.25) is 0 Å². The van der Waals surface area contributed by atoms with Crippen molar-refractivity contribution in [1.82, 2.24) is 5.06 Å². The van der Waals surface area contributed by atoms with E-state index in [0.717, 1.165) is 13.1 Å². The molecule has 0 aromatic rings. The van der Waals surface area contributed by atoms with Crippen molar-refractivity contribution in [2.24, 2.45) is 5.73 Å². The summed E-state index contributed by atoms with van der Waals surface area (Å²) in [6, 6.07) is 0.465. The molecular formula is C7H16N3O+. The van der Waals surface area contributed by atoms with Gasteiger partial charge in [-0.05, 0) is 12.8 Å². The van der Waals surface area contributed by atoms with E-state index >= 15 is 0 Å². The highest BCUT2D eigenvalue weighted by molar-refractivity contribution is 5.65. The first-order chi connectivity index (χ1) is 5.20. The molecule has 1 aliphatic rings. The number of hydroxylamine groups is 2. The van der Waals surface area contributed by atoms with Gasteiger partial charge in [-0.1, -0.05) is 0 Å². The average molecular weight is 158 g/mol. The molecule has 0 unspecified atom stereocenters. The number of amidine groups is 1. The molecule has 4 heteroatoms. The summed E-state index contributed by atoms with van der Waals surface area (Å²) in [4.78, 5) is 5.33. The molecule has 0 atom stereocenters. The average Bonchev–Trinajstić information content (AvgIpc) is 2.39. The van der Waals surface area contributed by atoms with Crippen LogP contribution in [0.5, 0.6) is 0 Å². The Hall–Kier alpha value is -0.770. The van der Waals surface area contributed by atoms with Gasteiger partial charge in [0, 0.05) is 13.1 Å². The SMILES string of the molecule is C[N+](C)=C(N)ON1CCCC1. The Labute approximate surface area is 67.2 Å². The largest absolute Gasteiger partial charge is 0.460 e. The zero-order valence-corrected chi connectivity index (χ0v) is 7.21. The molecule has 0 bridgehead atoms. The Kier molecular flexibility index (Phi) is 2.70.